The van der Waals surface area contributed by atoms with E-state index in [4.69, 9.17) is 4.74 Å². The summed E-state index contributed by atoms with van der Waals surface area (Å²) >= 11 is 0. The lowest BCUT2D eigenvalue weighted by atomic mass is 9.42. The molecule has 6 nitrogen and oxygen atoms in total. The number of nitrogens with one attached hydrogen (secondary N) is 2. The van der Waals surface area contributed by atoms with Gasteiger partial charge in [-0.15, -0.1) is 0 Å². The summed E-state index contributed by atoms with van der Waals surface area (Å²) in [6, 6.07) is 4.04. The minimum Gasteiger partial charge on any atom is -0.496 e. The van der Waals surface area contributed by atoms with Gasteiger partial charge in [0.05, 0.1) is 19.1 Å². The zero-order valence-electron chi connectivity index (χ0n) is 20.5. The highest BCUT2D eigenvalue weighted by atomic mass is 32.2. The number of ether oxygens (including phenoxy) is 1. The fourth-order valence-corrected chi connectivity index (χ4v) is 8.50. The number of carbonyl (C=O) groups is 1. The summed E-state index contributed by atoms with van der Waals surface area (Å²) in [7, 11) is -1.69. The lowest BCUT2D eigenvalue weighted by Gasteiger charge is -2.63. The van der Waals surface area contributed by atoms with Crippen LogP contribution in [0.25, 0.3) is 0 Å². The maximum Gasteiger partial charge on any atom is 0.229 e. The number of fused-ring (bicyclic) bond motifs is 5. The smallest absolute Gasteiger partial charge is 0.229 e. The van der Waals surface area contributed by atoms with Crippen molar-refractivity contribution in [2.24, 2.45) is 22.7 Å². The van der Waals surface area contributed by atoms with E-state index in [9.17, 15) is 13.2 Å². The Balaban J connectivity index is 1.75. The average molecular weight is 463 g/mol. The van der Waals surface area contributed by atoms with Crippen LogP contribution >= 0.6 is 0 Å². The summed E-state index contributed by atoms with van der Waals surface area (Å²) < 4.78 is 32.1. The zero-order chi connectivity index (χ0) is 23.7. The first-order chi connectivity index (χ1) is 14.7. The first-order valence-corrected chi connectivity index (χ1v) is 13.6. The average Bonchev–Trinajstić information content (AvgIpc) is 2.96. The van der Waals surface area contributed by atoms with Gasteiger partial charge in [0.15, 0.2) is 0 Å². The summed E-state index contributed by atoms with van der Waals surface area (Å²) in [6.07, 6.45) is 6.34. The molecule has 178 valence electrons. The number of carbonyl (C=O) groups excluding carboxylic acids is 1. The SMILES string of the molecule is COc1cc(NS(C)(=O)=O)cc2c1C1(C)CCC3C(C)(C)C(NC(C)=O)CCC3(C)C1C2. The molecule has 0 radical (unpaired) electrons. The molecule has 1 aromatic rings. The molecular weight excluding hydrogens is 424 g/mol. The number of rotatable bonds is 4. The highest BCUT2D eigenvalue weighted by Gasteiger charge is 2.63. The molecule has 32 heavy (non-hydrogen) atoms. The number of hydrogen-bond acceptors (Lipinski definition) is 4. The minimum atomic E-state index is -3.36. The maximum atomic E-state index is 11.9. The Bertz CT molecular complexity index is 1050. The molecule has 0 aromatic heterocycles. The quantitative estimate of drug-likeness (QED) is 0.701. The molecule has 3 aliphatic rings. The van der Waals surface area contributed by atoms with Gasteiger partial charge in [0.2, 0.25) is 15.9 Å². The van der Waals surface area contributed by atoms with Crippen LogP contribution in [0.2, 0.25) is 0 Å². The van der Waals surface area contributed by atoms with Crippen molar-refractivity contribution in [1.82, 2.24) is 5.32 Å². The van der Waals surface area contributed by atoms with Crippen LogP contribution in [0.5, 0.6) is 5.75 Å². The van der Waals surface area contributed by atoms with Gasteiger partial charge >= 0.3 is 0 Å². The lowest BCUT2D eigenvalue weighted by Crippen LogP contribution is -2.61. The topological polar surface area (TPSA) is 84.5 Å². The Morgan fingerprint density at radius 1 is 1.09 bits per heavy atom. The predicted octanol–water partition coefficient (Wildman–Crippen LogP) is 4.24. The van der Waals surface area contributed by atoms with Crippen molar-refractivity contribution in [3.05, 3.63) is 23.3 Å². The van der Waals surface area contributed by atoms with Gasteiger partial charge in [-0.05, 0) is 66.4 Å². The molecule has 7 heteroatoms. The zero-order valence-corrected chi connectivity index (χ0v) is 21.3. The van der Waals surface area contributed by atoms with E-state index < -0.39 is 10.0 Å². The van der Waals surface area contributed by atoms with Crippen molar-refractivity contribution in [2.75, 3.05) is 18.1 Å². The van der Waals surface area contributed by atoms with Gasteiger partial charge in [0, 0.05) is 30.0 Å². The van der Waals surface area contributed by atoms with Crippen molar-refractivity contribution >= 4 is 21.6 Å². The van der Waals surface area contributed by atoms with Crippen LogP contribution in [0.4, 0.5) is 5.69 Å². The van der Waals surface area contributed by atoms with E-state index in [1.54, 1.807) is 14.0 Å². The second-order valence-electron chi connectivity index (χ2n) is 11.5. The first-order valence-electron chi connectivity index (χ1n) is 11.7. The van der Waals surface area contributed by atoms with Crippen LogP contribution in [0.15, 0.2) is 12.1 Å². The normalized spacial score (nSPS) is 35.3. The van der Waals surface area contributed by atoms with Crippen LogP contribution in [0, 0.1) is 22.7 Å². The minimum absolute atomic E-state index is 0.00747. The van der Waals surface area contributed by atoms with Crippen LogP contribution < -0.4 is 14.8 Å². The number of benzene rings is 1. The second kappa shape index (κ2) is 7.37. The molecule has 0 aliphatic heterocycles. The third kappa shape index (κ3) is 3.51. The molecule has 3 aliphatic carbocycles. The molecule has 1 aromatic carbocycles. The molecule has 2 saturated carbocycles. The molecule has 1 amide bonds. The number of methoxy groups -OCH3 is 1. The van der Waals surface area contributed by atoms with E-state index in [1.165, 1.54) is 17.4 Å². The second-order valence-corrected chi connectivity index (χ2v) is 13.2. The summed E-state index contributed by atoms with van der Waals surface area (Å²) in [5.41, 5.74) is 3.17. The van der Waals surface area contributed by atoms with Gasteiger partial charge in [-0.1, -0.05) is 27.7 Å². The van der Waals surface area contributed by atoms with Gasteiger partial charge in [-0.25, -0.2) is 8.42 Å². The van der Waals surface area contributed by atoms with Gasteiger partial charge in [-0.2, -0.15) is 0 Å². The maximum absolute atomic E-state index is 11.9. The van der Waals surface area contributed by atoms with Crippen LogP contribution in [0.1, 0.15) is 71.4 Å². The van der Waals surface area contributed by atoms with E-state index in [0.717, 1.165) is 37.9 Å². The molecule has 0 saturated heterocycles. The predicted molar refractivity (Wildman–Crippen MR) is 127 cm³/mol. The highest BCUT2D eigenvalue weighted by molar-refractivity contribution is 7.92. The van der Waals surface area contributed by atoms with E-state index in [1.807, 2.05) is 12.1 Å². The van der Waals surface area contributed by atoms with Gasteiger partial charge in [-0.3, -0.25) is 9.52 Å². The van der Waals surface area contributed by atoms with E-state index in [0.29, 0.717) is 17.5 Å². The fourth-order valence-electron chi connectivity index (χ4n) is 7.96. The number of hydrogen-bond donors (Lipinski definition) is 2. The highest BCUT2D eigenvalue weighted by Crippen LogP contribution is 2.68. The summed E-state index contributed by atoms with van der Waals surface area (Å²) in [4.78, 5) is 11.8. The van der Waals surface area contributed by atoms with Crippen LogP contribution in [-0.2, 0) is 26.7 Å². The number of anilines is 1. The fraction of sp³-hybridized carbons (Fsp3) is 0.720. The Morgan fingerprint density at radius 3 is 2.38 bits per heavy atom. The summed E-state index contributed by atoms with van der Waals surface area (Å²) in [5, 5.41) is 3.23. The van der Waals surface area contributed by atoms with Crippen molar-refractivity contribution < 1.29 is 17.9 Å². The number of amides is 1. The molecule has 2 N–H and O–H groups in total. The lowest BCUT2D eigenvalue weighted by molar-refractivity contribution is -0.131. The number of sulfonamides is 1. The summed E-state index contributed by atoms with van der Waals surface area (Å²) in [5.74, 6) is 1.79. The Hall–Kier alpha value is -1.76. The molecule has 0 spiro atoms. The molecular formula is C25H38N2O4S. The van der Waals surface area contributed by atoms with Gasteiger partial charge < -0.3 is 10.1 Å². The monoisotopic (exact) mass is 462 g/mol. The van der Waals surface area contributed by atoms with Gasteiger partial charge in [0.1, 0.15) is 5.75 Å². The van der Waals surface area contributed by atoms with E-state index >= 15 is 0 Å². The molecule has 2 fully saturated rings. The van der Waals surface area contributed by atoms with Crippen molar-refractivity contribution in [3.63, 3.8) is 0 Å². The molecule has 0 heterocycles. The van der Waals surface area contributed by atoms with Crippen molar-refractivity contribution in [2.45, 2.75) is 78.2 Å². The van der Waals surface area contributed by atoms with Gasteiger partial charge in [0.25, 0.3) is 0 Å². The third-order valence-corrected chi connectivity index (χ3v) is 9.77. The largest absolute Gasteiger partial charge is 0.496 e. The Labute approximate surface area is 192 Å². The first kappa shape index (κ1) is 23.4. The van der Waals surface area contributed by atoms with Crippen molar-refractivity contribution in [3.8, 4) is 5.75 Å². The molecule has 5 atom stereocenters. The van der Waals surface area contributed by atoms with Crippen LogP contribution in [-0.4, -0.2) is 33.7 Å². The molecule has 5 unspecified atom stereocenters. The van der Waals surface area contributed by atoms with E-state index in [-0.39, 0.29) is 28.2 Å². The van der Waals surface area contributed by atoms with E-state index in [2.05, 4.69) is 37.7 Å². The third-order valence-electron chi connectivity index (χ3n) is 9.16. The summed E-state index contributed by atoms with van der Waals surface area (Å²) in [6.45, 7) is 11.1. The van der Waals surface area contributed by atoms with Crippen molar-refractivity contribution in [1.29, 1.82) is 0 Å². The molecule has 4 rings (SSSR count). The van der Waals surface area contributed by atoms with Crippen LogP contribution in [0.3, 0.4) is 0 Å². The molecule has 0 bridgehead atoms. The standard InChI is InChI=1S/C25H38N2O4S/c1-15(28)26-21-9-11-24(4)19(23(21,2)3)8-10-25(5)20(24)13-16-12-17(27-32(7,29)30)14-18(31-6)22(16)25/h12,14,19-21,27H,8-11,13H2,1-7H3,(H,26,28). The Morgan fingerprint density at radius 2 is 1.78 bits per heavy atom. The Kier molecular flexibility index (Phi) is 5.39.